The van der Waals surface area contributed by atoms with Crippen molar-refractivity contribution in [2.24, 2.45) is 0 Å². The summed E-state index contributed by atoms with van der Waals surface area (Å²) in [6.07, 6.45) is 0. The highest BCUT2D eigenvalue weighted by atomic mass is 79.9. The SMILES string of the molecule is COc1cccc(Cl)c1C(C#N)Nc1cccc(Br)c1. The van der Waals surface area contributed by atoms with Gasteiger partial charge in [0, 0.05) is 15.7 Å². The lowest BCUT2D eigenvalue weighted by molar-refractivity contribution is 0.409. The molecule has 0 aromatic heterocycles. The van der Waals surface area contributed by atoms with Crippen molar-refractivity contribution in [2.45, 2.75) is 6.04 Å². The van der Waals surface area contributed by atoms with Crippen LogP contribution in [-0.2, 0) is 0 Å². The van der Waals surface area contributed by atoms with Gasteiger partial charge in [0.15, 0.2) is 0 Å². The van der Waals surface area contributed by atoms with Crippen molar-refractivity contribution in [2.75, 3.05) is 12.4 Å². The summed E-state index contributed by atoms with van der Waals surface area (Å²) in [5.41, 5.74) is 1.46. The largest absolute Gasteiger partial charge is 0.496 e. The average molecular weight is 352 g/mol. The van der Waals surface area contributed by atoms with Crippen LogP contribution in [-0.4, -0.2) is 7.11 Å². The molecule has 2 aromatic carbocycles. The summed E-state index contributed by atoms with van der Waals surface area (Å²) >= 11 is 9.60. The van der Waals surface area contributed by atoms with Crippen molar-refractivity contribution in [1.82, 2.24) is 0 Å². The number of hydrogen-bond acceptors (Lipinski definition) is 3. The van der Waals surface area contributed by atoms with Crippen molar-refractivity contribution in [3.05, 3.63) is 57.5 Å². The first-order valence-electron chi connectivity index (χ1n) is 5.90. The van der Waals surface area contributed by atoms with Gasteiger partial charge in [-0.05, 0) is 30.3 Å². The molecule has 1 unspecified atom stereocenters. The minimum atomic E-state index is -0.590. The highest BCUT2D eigenvalue weighted by Gasteiger charge is 2.19. The van der Waals surface area contributed by atoms with Gasteiger partial charge in [-0.25, -0.2) is 0 Å². The predicted molar refractivity (Wildman–Crippen MR) is 84.1 cm³/mol. The Hall–Kier alpha value is -1.70. The van der Waals surface area contributed by atoms with Crippen LogP contribution in [0.25, 0.3) is 0 Å². The average Bonchev–Trinajstić information content (AvgIpc) is 2.45. The normalized spacial score (nSPS) is 11.5. The second kappa shape index (κ2) is 6.65. The Labute approximate surface area is 131 Å². The molecule has 0 spiro atoms. The predicted octanol–water partition coefficient (Wildman–Crippen LogP) is 4.79. The van der Waals surface area contributed by atoms with Gasteiger partial charge in [-0.2, -0.15) is 5.26 Å². The van der Waals surface area contributed by atoms with Crippen LogP contribution in [0.2, 0.25) is 5.02 Å². The molecular weight excluding hydrogens is 340 g/mol. The van der Waals surface area contributed by atoms with Crippen LogP contribution in [0, 0.1) is 11.3 Å². The minimum Gasteiger partial charge on any atom is -0.496 e. The first-order valence-corrected chi connectivity index (χ1v) is 7.07. The number of anilines is 1. The number of ether oxygens (including phenoxy) is 1. The number of nitrogens with zero attached hydrogens (tertiary/aromatic N) is 1. The lowest BCUT2D eigenvalue weighted by atomic mass is 10.1. The fourth-order valence-electron chi connectivity index (χ4n) is 1.89. The number of halogens is 2. The molecular formula is C15H12BrClN2O. The molecule has 0 radical (unpaired) electrons. The van der Waals surface area contributed by atoms with E-state index in [9.17, 15) is 5.26 Å². The molecule has 0 saturated carbocycles. The molecule has 102 valence electrons. The molecule has 2 rings (SSSR count). The summed E-state index contributed by atoms with van der Waals surface area (Å²) in [5.74, 6) is 0.589. The molecule has 5 heteroatoms. The van der Waals surface area contributed by atoms with E-state index >= 15 is 0 Å². The molecule has 0 bridgehead atoms. The van der Waals surface area contributed by atoms with Gasteiger partial charge in [0.1, 0.15) is 11.8 Å². The van der Waals surface area contributed by atoms with E-state index in [0.717, 1.165) is 10.2 Å². The standard InChI is InChI=1S/C15H12BrClN2O/c1-20-14-7-3-6-12(17)15(14)13(9-18)19-11-5-2-4-10(16)8-11/h2-8,13,19H,1H3. The van der Waals surface area contributed by atoms with E-state index < -0.39 is 6.04 Å². The lowest BCUT2D eigenvalue weighted by Gasteiger charge is -2.17. The smallest absolute Gasteiger partial charge is 0.145 e. The molecule has 3 nitrogen and oxygen atoms in total. The zero-order valence-electron chi connectivity index (χ0n) is 10.7. The van der Waals surface area contributed by atoms with Gasteiger partial charge < -0.3 is 10.1 Å². The molecule has 0 aliphatic heterocycles. The van der Waals surface area contributed by atoms with Crippen LogP contribution in [0.5, 0.6) is 5.75 Å². The first kappa shape index (κ1) is 14.7. The first-order chi connectivity index (χ1) is 9.65. The van der Waals surface area contributed by atoms with Crippen molar-refractivity contribution < 1.29 is 4.74 Å². The zero-order valence-corrected chi connectivity index (χ0v) is 13.1. The van der Waals surface area contributed by atoms with E-state index in [4.69, 9.17) is 16.3 Å². The van der Waals surface area contributed by atoms with Gasteiger partial charge in [0.25, 0.3) is 0 Å². The second-order valence-electron chi connectivity index (χ2n) is 4.07. The van der Waals surface area contributed by atoms with E-state index in [-0.39, 0.29) is 0 Å². The van der Waals surface area contributed by atoms with Crippen LogP contribution in [0.3, 0.4) is 0 Å². The monoisotopic (exact) mass is 350 g/mol. The molecule has 20 heavy (non-hydrogen) atoms. The third-order valence-corrected chi connectivity index (χ3v) is 3.61. The van der Waals surface area contributed by atoms with Gasteiger partial charge in [0.05, 0.1) is 18.2 Å². The number of hydrogen-bond donors (Lipinski definition) is 1. The maximum atomic E-state index is 9.42. The fraction of sp³-hybridized carbons (Fsp3) is 0.133. The Morgan fingerprint density at radius 2 is 2.05 bits per heavy atom. The Morgan fingerprint density at radius 3 is 2.70 bits per heavy atom. The van der Waals surface area contributed by atoms with Crippen LogP contribution >= 0.6 is 27.5 Å². The highest BCUT2D eigenvalue weighted by molar-refractivity contribution is 9.10. The highest BCUT2D eigenvalue weighted by Crippen LogP contribution is 2.34. The van der Waals surface area contributed by atoms with E-state index in [1.807, 2.05) is 24.3 Å². The number of methoxy groups -OCH3 is 1. The van der Waals surface area contributed by atoms with Crippen LogP contribution in [0.4, 0.5) is 5.69 Å². The third kappa shape index (κ3) is 3.24. The summed E-state index contributed by atoms with van der Waals surface area (Å²) in [6, 6.07) is 14.5. The molecule has 0 saturated heterocycles. The molecule has 1 atom stereocenters. The van der Waals surface area contributed by atoms with E-state index in [2.05, 4.69) is 27.3 Å². The number of nitrogens with one attached hydrogen (secondary N) is 1. The van der Waals surface area contributed by atoms with Crippen LogP contribution in [0.15, 0.2) is 46.9 Å². The number of benzene rings is 2. The summed E-state index contributed by atoms with van der Waals surface area (Å²) in [6.45, 7) is 0. The molecule has 0 heterocycles. The van der Waals surface area contributed by atoms with Crippen molar-refractivity contribution in [1.29, 1.82) is 5.26 Å². The van der Waals surface area contributed by atoms with E-state index in [0.29, 0.717) is 16.3 Å². The second-order valence-corrected chi connectivity index (χ2v) is 5.40. The van der Waals surface area contributed by atoms with Crippen LogP contribution < -0.4 is 10.1 Å². The Balaban J connectivity index is 2.37. The lowest BCUT2D eigenvalue weighted by Crippen LogP contribution is -2.10. The summed E-state index contributed by atoms with van der Waals surface area (Å²) < 4.78 is 6.22. The quantitative estimate of drug-likeness (QED) is 0.861. The van der Waals surface area contributed by atoms with E-state index in [1.54, 1.807) is 25.3 Å². The Morgan fingerprint density at radius 1 is 1.30 bits per heavy atom. The molecule has 0 aliphatic rings. The van der Waals surface area contributed by atoms with Crippen LogP contribution in [0.1, 0.15) is 11.6 Å². The number of nitriles is 1. The van der Waals surface area contributed by atoms with Crippen molar-refractivity contribution in [3.63, 3.8) is 0 Å². The third-order valence-electron chi connectivity index (χ3n) is 2.79. The summed E-state index contributed by atoms with van der Waals surface area (Å²) in [4.78, 5) is 0. The molecule has 0 aliphatic carbocycles. The van der Waals surface area contributed by atoms with Gasteiger partial charge in [-0.3, -0.25) is 0 Å². The van der Waals surface area contributed by atoms with Crippen molar-refractivity contribution in [3.8, 4) is 11.8 Å². The zero-order chi connectivity index (χ0) is 14.5. The fourth-order valence-corrected chi connectivity index (χ4v) is 2.56. The topological polar surface area (TPSA) is 45.0 Å². The van der Waals surface area contributed by atoms with E-state index in [1.165, 1.54) is 0 Å². The maximum absolute atomic E-state index is 9.42. The maximum Gasteiger partial charge on any atom is 0.145 e. The molecule has 0 amide bonds. The van der Waals surface area contributed by atoms with Gasteiger partial charge in [-0.1, -0.05) is 39.7 Å². The molecule has 2 aromatic rings. The van der Waals surface area contributed by atoms with Gasteiger partial charge >= 0.3 is 0 Å². The molecule has 1 N–H and O–H groups in total. The summed E-state index contributed by atoms with van der Waals surface area (Å²) in [7, 11) is 1.56. The molecule has 0 fully saturated rings. The van der Waals surface area contributed by atoms with Gasteiger partial charge in [0.2, 0.25) is 0 Å². The Kier molecular flexibility index (Phi) is 4.89. The van der Waals surface area contributed by atoms with Crippen molar-refractivity contribution >= 4 is 33.2 Å². The minimum absolute atomic E-state index is 0.499. The van der Waals surface area contributed by atoms with Gasteiger partial charge in [-0.15, -0.1) is 0 Å². The Bertz CT molecular complexity index is 655. The number of rotatable bonds is 4. The summed E-state index contributed by atoms with van der Waals surface area (Å²) in [5, 5.41) is 13.1.